The highest BCUT2D eigenvalue weighted by atomic mass is 32.1. The second-order valence-corrected chi connectivity index (χ2v) is 5.00. The maximum absolute atomic E-state index is 4.24. The van der Waals surface area contributed by atoms with Crippen LogP contribution in [0.15, 0.2) is 6.20 Å². The van der Waals surface area contributed by atoms with Crippen LogP contribution in [0.4, 0.5) is 0 Å². The summed E-state index contributed by atoms with van der Waals surface area (Å²) in [5.41, 5.74) is 0. The topological polar surface area (TPSA) is 24.9 Å². The van der Waals surface area contributed by atoms with Gasteiger partial charge in [-0.2, -0.15) is 0 Å². The Morgan fingerprint density at radius 1 is 1.62 bits per heavy atom. The van der Waals surface area contributed by atoms with Crippen molar-refractivity contribution in [1.82, 2.24) is 10.3 Å². The van der Waals surface area contributed by atoms with Gasteiger partial charge in [0.25, 0.3) is 0 Å². The summed E-state index contributed by atoms with van der Waals surface area (Å²) < 4.78 is 0. The first-order valence-corrected chi connectivity index (χ1v) is 5.81. The molecule has 1 fully saturated rings. The molecule has 1 aliphatic rings. The summed E-state index contributed by atoms with van der Waals surface area (Å²) >= 11 is 1.82. The monoisotopic (exact) mass is 196 g/mol. The first-order valence-electron chi connectivity index (χ1n) is 4.99. The predicted octanol–water partition coefficient (Wildman–Crippen LogP) is 2.14. The first-order chi connectivity index (χ1) is 6.34. The quantitative estimate of drug-likeness (QED) is 0.730. The Morgan fingerprint density at radius 2 is 2.46 bits per heavy atom. The lowest BCUT2D eigenvalue weighted by Gasteiger charge is -1.99. The molecule has 2 nitrogen and oxygen atoms in total. The molecule has 0 spiro atoms. The van der Waals surface area contributed by atoms with E-state index in [9.17, 15) is 0 Å². The maximum atomic E-state index is 4.24. The van der Waals surface area contributed by atoms with Crippen LogP contribution in [0.3, 0.4) is 0 Å². The largest absolute Gasteiger partial charge is 0.314 e. The minimum absolute atomic E-state index is 0.850. The molecule has 0 amide bonds. The molecule has 1 aromatic rings. The van der Waals surface area contributed by atoms with Crippen molar-refractivity contribution in [2.75, 3.05) is 6.54 Å². The van der Waals surface area contributed by atoms with E-state index in [1.54, 1.807) is 0 Å². The third kappa shape index (κ3) is 3.08. The Morgan fingerprint density at radius 3 is 3.08 bits per heavy atom. The minimum Gasteiger partial charge on any atom is -0.314 e. The van der Waals surface area contributed by atoms with E-state index in [0.29, 0.717) is 0 Å². The number of nitrogens with one attached hydrogen (secondary N) is 1. The molecule has 0 saturated heterocycles. The van der Waals surface area contributed by atoms with Crippen molar-refractivity contribution in [1.29, 1.82) is 0 Å². The SMILES string of the molecule is Cc1ncc(CCCNC2CC2)s1. The highest BCUT2D eigenvalue weighted by Gasteiger charge is 2.19. The summed E-state index contributed by atoms with van der Waals surface area (Å²) in [5, 5.41) is 4.70. The van der Waals surface area contributed by atoms with Crippen LogP contribution in [0.1, 0.15) is 29.1 Å². The summed E-state index contributed by atoms with van der Waals surface area (Å²) in [5.74, 6) is 0. The van der Waals surface area contributed by atoms with Gasteiger partial charge < -0.3 is 5.32 Å². The van der Waals surface area contributed by atoms with Crippen LogP contribution in [-0.4, -0.2) is 17.6 Å². The first kappa shape index (κ1) is 9.16. The van der Waals surface area contributed by atoms with Gasteiger partial charge in [0.1, 0.15) is 0 Å². The molecule has 0 bridgehead atoms. The molecule has 13 heavy (non-hydrogen) atoms. The van der Waals surface area contributed by atoms with E-state index in [0.717, 1.165) is 6.04 Å². The Kier molecular flexibility index (Phi) is 2.96. The Labute approximate surface area is 83.4 Å². The summed E-state index contributed by atoms with van der Waals surface area (Å²) in [6.45, 7) is 3.23. The van der Waals surface area contributed by atoms with Crippen molar-refractivity contribution in [3.8, 4) is 0 Å². The fourth-order valence-electron chi connectivity index (χ4n) is 1.38. The standard InChI is InChI=1S/C10H16N2S/c1-8-12-7-10(13-8)3-2-6-11-9-4-5-9/h7,9,11H,2-6H2,1H3. The van der Waals surface area contributed by atoms with E-state index in [2.05, 4.69) is 17.2 Å². The van der Waals surface area contributed by atoms with E-state index in [1.165, 1.54) is 42.1 Å². The molecule has 72 valence electrons. The van der Waals surface area contributed by atoms with Crippen molar-refractivity contribution in [3.63, 3.8) is 0 Å². The van der Waals surface area contributed by atoms with E-state index >= 15 is 0 Å². The summed E-state index contributed by atoms with van der Waals surface area (Å²) in [4.78, 5) is 5.67. The van der Waals surface area contributed by atoms with Gasteiger partial charge in [-0.05, 0) is 39.2 Å². The summed E-state index contributed by atoms with van der Waals surface area (Å²) in [7, 11) is 0. The van der Waals surface area contributed by atoms with Gasteiger partial charge in [0.2, 0.25) is 0 Å². The van der Waals surface area contributed by atoms with Crippen LogP contribution in [0.5, 0.6) is 0 Å². The molecule has 1 saturated carbocycles. The highest BCUT2D eigenvalue weighted by molar-refractivity contribution is 7.11. The molecule has 0 aliphatic heterocycles. The smallest absolute Gasteiger partial charge is 0.0896 e. The zero-order chi connectivity index (χ0) is 9.10. The van der Waals surface area contributed by atoms with Crippen molar-refractivity contribution < 1.29 is 0 Å². The number of hydrogen-bond acceptors (Lipinski definition) is 3. The normalized spacial score (nSPS) is 16.4. The van der Waals surface area contributed by atoms with Crippen LogP contribution in [0.2, 0.25) is 0 Å². The second kappa shape index (κ2) is 4.20. The van der Waals surface area contributed by atoms with Gasteiger partial charge in [-0.1, -0.05) is 0 Å². The van der Waals surface area contributed by atoms with Gasteiger partial charge in [-0.25, -0.2) is 4.98 Å². The molecular weight excluding hydrogens is 180 g/mol. The molecule has 0 atom stereocenters. The number of hydrogen-bond donors (Lipinski definition) is 1. The average Bonchev–Trinajstić information content (AvgIpc) is 2.84. The molecule has 1 aliphatic carbocycles. The van der Waals surface area contributed by atoms with Crippen LogP contribution < -0.4 is 5.32 Å². The zero-order valence-corrected chi connectivity index (χ0v) is 8.86. The van der Waals surface area contributed by atoms with Gasteiger partial charge in [0.05, 0.1) is 5.01 Å². The fourth-order valence-corrected chi connectivity index (χ4v) is 2.21. The fraction of sp³-hybridized carbons (Fsp3) is 0.700. The molecule has 0 radical (unpaired) electrons. The lowest BCUT2D eigenvalue weighted by molar-refractivity contribution is 0.647. The van der Waals surface area contributed by atoms with Gasteiger partial charge in [0, 0.05) is 17.1 Å². The molecule has 0 aromatic carbocycles. The van der Waals surface area contributed by atoms with Crippen molar-refractivity contribution in [2.24, 2.45) is 0 Å². The predicted molar refractivity (Wildman–Crippen MR) is 56.2 cm³/mol. The van der Waals surface area contributed by atoms with Gasteiger partial charge in [-0.15, -0.1) is 11.3 Å². The second-order valence-electron chi connectivity index (χ2n) is 3.68. The number of thiazole rings is 1. The van der Waals surface area contributed by atoms with E-state index in [-0.39, 0.29) is 0 Å². The Balaban J connectivity index is 1.61. The number of aryl methyl sites for hydroxylation is 2. The zero-order valence-electron chi connectivity index (χ0n) is 8.05. The lowest BCUT2D eigenvalue weighted by Crippen LogP contribution is -2.17. The minimum atomic E-state index is 0.850. The van der Waals surface area contributed by atoms with E-state index < -0.39 is 0 Å². The van der Waals surface area contributed by atoms with Crippen LogP contribution in [-0.2, 0) is 6.42 Å². The third-order valence-electron chi connectivity index (χ3n) is 2.28. The molecule has 0 unspecified atom stereocenters. The average molecular weight is 196 g/mol. The van der Waals surface area contributed by atoms with Crippen molar-refractivity contribution >= 4 is 11.3 Å². The molecule has 1 heterocycles. The molecule has 2 rings (SSSR count). The van der Waals surface area contributed by atoms with Crippen LogP contribution in [0, 0.1) is 6.92 Å². The molecule has 1 aromatic heterocycles. The van der Waals surface area contributed by atoms with Gasteiger partial charge in [0.15, 0.2) is 0 Å². The van der Waals surface area contributed by atoms with E-state index in [4.69, 9.17) is 0 Å². The van der Waals surface area contributed by atoms with E-state index in [1.807, 2.05) is 17.5 Å². The Hall–Kier alpha value is -0.410. The highest BCUT2D eigenvalue weighted by Crippen LogP contribution is 2.18. The third-order valence-corrected chi connectivity index (χ3v) is 3.25. The summed E-state index contributed by atoms with van der Waals surface area (Å²) in [6, 6.07) is 0.850. The molecule has 1 N–H and O–H groups in total. The van der Waals surface area contributed by atoms with Gasteiger partial charge >= 0.3 is 0 Å². The number of nitrogens with zero attached hydrogens (tertiary/aromatic N) is 1. The molecular formula is C10H16N2S. The molecule has 3 heteroatoms. The van der Waals surface area contributed by atoms with Crippen LogP contribution >= 0.6 is 11.3 Å². The maximum Gasteiger partial charge on any atom is 0.0896 e. The van der Waals surface area contributed by atoms with Crippen molar-refractivity contribution in [2.45, 2.75) is 38.6 Å². The summed E-state index contributed by atoms with van der Waals surface area (Å²) in [6.07, 6.45) is 7.22. The number of aromatic nitrogens is 1. The lowest BCUT2D eigenvalue weighted by atomic mass is 10.3. The number of rotatable bonds is 5. The van der Waals surface area contributed by atoms with Crippen molar-refractivity contribution in [3.05, 3.63) is 16.1 Å². The Bertz CT molecular complexity index is 266. The van der Waals surface area contributed by atoms with Gasteiger partial charge in [-0.3, -0.25) is 0 Å². The van der Waals surface area contributed by atoms with Crippen LogP contribution in [0.25, 0.3) is 0 Å².